The largest absolute Gasteiger partial charge is 0.492 e. The fraction of sp³-hybridized carbons (Fsp3) is 0.571. The number of fused-ring (bicyclic) bond motifs is 4. The summed E-state index contributed by atoms with van der Waals surface area (Å²) in [7, 11) is 0. The molecule has 0 spiro atoms. The second-order valence-electron chi connectivity index (χ2n) is 13.8. The number of benzene rings is 3. The molecule has 0 atom stereocenters. The van der Waals surface area contributed by atoms with Crippen molar-refractivity contribution in [1.82, 2.24) is 0 Å². The van der Waals surface area contributed by atoms with Gasteiger partial charge in [0, 0.05) is 36.4 Å². The van der Waals surface area contributed by atoms with Crippen molar-refractivity contribution in [2.45, 2.75) is 142 Å². The number of hydrogen-bond donors (Lipinski definition) is 0. The zero-order chi connectivity index (χ0) is 35.0. The van der Waals surface area contributed by atoms with Crippen molar-refractivity contribution in [3.63, 3.8) is 0 Å². The first-order valence-electron chi connectivity index (χ1n) is 19.5. The van der Waals surface area contributed by atoms with Gasteiger partial charge in [0.25, 0.3) is 0 Å². The summed E-state index contributed by atoms with van der Waals surface area (Å²) >= 11 is 7.36. The van der Waals surface area contributed by atoms with Crippen LogP contribution in [0.4, 0.5) is 11.4 Å². The molecule has 0 amide bonds. The molecule has 2 heterocycles. The van der Waals surface area contributed by atoms with Gasteiger partial charge in [-0.2, -0.15) is 0 Å². The average molecular weight is 813 g/mol. The van der Waals surface area contributed by atoms with Gasteiger partial charge in [-0.1, -0.05) is 129 Å². The molecule has 0 aromatic heterocycles. The van der Waals surface area contributed by atoms with Gasteiger partial charge >= 0.3 is 0 Å². The molecule has 6 nitrogen and oxygen atoms in total. The van der Waals surface area contributed by atoms with E-state index in [1.807, 2.05) is 36.4 Å². The average Bonchev–Trinajstić information content (AvgIpc) is 3.11. The molecule has 50 heavy (non-hydrogen) atoms. The summed E-state index contributed by atoms with van der Waals surface area (Å²) in [5.41, 5.74) is 1.47. The predicted octanol–water partition coefficient (Wildman–Crippen LogP) is 13.9. The first-order chi connectivity index (χ1) is 24.6. The highest BCUT2D eigenvalue weighted by molar-refractivity contribution is 9.11. The maximum absolute atomic E-state index is 6.32. The molecule has 0 saturated heterocycles. The van der Waals surface area contributed by atoms with E-state index >= 15 is 0 Å². The molecule has 8 heteroatoms. The Morgan fingerprint density at radius 3 is 1.14 bits per heavy atom. The first kappa shape index (κ1) is 38.6. The van der Waals surface area contributed by atoms with Crippen LogP contribution in [0.15, 0.2) is 55.3 Å². The van der Waals surface area contributed by atoms with Crippen LogP contribution in [0.2, 0.25) is 0 Å². The van der Waals surface area contributed by atoms with Gasteiger partial charge in [-0.25, -0.2) is 9.98 Å². The molecule has 3 aromatic carbocycles. The molecule has 0 bridgehead atoms. The second-order valence-corrected chi connectivity index (χ2v) is 15.5. The van der Waals surface area contributed by atoms with Gasteiger partial charge in [0.05, 0.1) is 22.2 Å². The van der Waals surface area contributed by atoms with E-state index in [1.54, 1.807) is 0 Å². The van der Waals surface area contributed by atoms with E-state index in [-0.39, 0.29) is 0 Å². The van der Waals surface area contributed by atoms with Crippen LogP contribution in [0.1, 0.15) is 142 Å². The van der Waals surface area contributed by atoms with Crippen molar-refractivity contribution in [3.8, 4) is 34.5 Å². The highest BCUT2D eigenvalue weighted by Gasteiger charge is 2.21. The second kappa shape index (κ2) is 21.1. The Bertz CT molecular complexity index is 1520. The van der Waals surface area contributed by atoms with E-state index in [1.165, 1.54) is 116 Å². The Kier molecular flexibility index (Phi) is 16.3. The Morgan fingerprint density at radius 1 is 0.440 bits per heavy atom. The molecule has 0 aliphatic carbocycles. The number of halogens is 2. The van der Waals surface area contributed by atoms with Gasteiger partial charge in [-0.3, -0.25) is 0 Å². The van der Waals surface area contributed by atoms with Crippen LogP contribution in [-0.4, -0.2) is 13.2 Å². The monoisotopic (exact) mass is 810 g/mol. The minimum Gasteiger partial charge on any atom is -0.492 e. The molecular formula is C42H56Br2N2O4. The van der Waals surface area contributed by atoms with E-state index in [2.05, 4.69) is 45.7 Å². The predicted molar refractivity (Wildman–Crippen MR) is 211 cm³/mol. The summed E-state index contributed by atoms with van der Waals surface area (Å²) in [6, 6.07) is 11.6. The maximum atomic E-state index is 6.32. The fourth-order valence-electron chi connectivity index (χ4n) is 6.52. The van der Waals surface area contributed by atoms with E-state index < -0.39 is 0 Å². The van der Waals surface area contributed by atoms with Crippen LogP contribution in [0, 0.1) is 0 Å². The van der Waals surface area contributed by atoms with Crippen molar-refractivity contribution < 1.29 is 18.9 Å². The van der Waals surface area contributed by atoms with Crippen LogP contribution in [0.3, 0.4) is 0 Å². The number of rotatable bonds is 24. The summed E-state index contributed by atoms with van der Waals surface area (Å²) in [6.07, 6.45) is 26.0. The van der Waals surface area contributed by atoms with Crippen LogP contribution < -0.4 is 29.7 Å². The number of unbranched alkanes of at least 4 members (excludes halogenated alkanes) is 18. The van der Waals surface area contributed by atoms with E-state index in [9.17, 15) is 0 Å². The lowest BCUT2D eigenvalue weighted by Crippen LogP contribution is -2.18. The quantitative estimate of drug-likeness (QED) is 0.0582. The van der Waals surface area contributed by atoms with Crippen molar-refractivity contribution in [2.75, 3.05) is 13.2 Å². The molecule has 5 rings (SSSR count). The van der Waals surface area contributed by atoms with Gasteiger partial charge in [-0.15, -0.1) is 0 Å². The van der Waals surface area contributed by atoms with Crippen LogP contribution in [0.25, 0.3) is 0 Å². The third kappa shape index (κ3) is 11.7. The van der Waals surface area contributed by atoms with Gasteiger partial charge in [0.1, 0.15) is 33.6 Å². The van der Waals surface area contributed by atoms with Crippen molar-refractivity contribution >= 4 is 43.2 Å². The summed E-state index contributed by atoms with van der Waals surface area (Å²) in [6.45, 7) is 5.92. The summed E-state index contributed by atoms with van der Waals surface area (Å²) in [5, 5.41) is 1.40. The highest BCUT2D eigenvalue weighted by atomic mass is 79.9. The zero-order valence-corrected chi connectivity index (χ0v) is 33.5. The van der Waals surface area contributed by atoms with Gasteiger partial charge < -0.3 is 18.9 Å². The SMILES string of the molecule is CCCCCCCCCCCCOc1cc2c(cc1Br)Oc1cc3c(cc1=N2)Oc1cc(Br)c(OCCCCCCCCCCCC)cc1N=3. The molecule has 0 unspecified atom stereocenters. The van der Waals surface area contributed by atoms with Crippen LogP contribution in [0.5, 0.6) is 34.5 Å². The maximum Gasteiger partial charge on any atom is 0.155 e. The Labute approximate surface area is 316 Å². The molecule has 272 valence electrons. The molecule has 2 aliphatic rings. The molecule has 0 fully saturated rings. The minimum atomic E-state index is 0.646. The summed E-state index contributed by atoms with van der Waals surface area (Å²) < 4.78 is 26.7. The van der Waals surface area contributed by atoms with E-state index in [0.717, 1.165) is 44.7 Å². The van der Waals surface area contributed by atoms with Gasteiger partial charge in [0.2, 0.25) is 0 Å². The molecule has 0 radical (unpaired) electrons. The Morgan fingerprint density at radius 2 is 0.780 bits per heavy atom. The molecule has 3 aromatic rings. The Hall–Kier alpha value is -2.58. The number of hydrogen-bond acceptors (Lipinski definition) is 6. The van der Waals surface area contributed by atoms with Gasteiger partial charge in [-0.05, 0) is 44.7 Å². The van der Waals surface area contributed by atoms with E-state index in [4.69, 9.17) is 28.9 Å². The normalized spacial score (nSPS) is 12.4. The fourth-order valence-corrected chi connectivity index (χ4v) is 7.40. The van der Waals surface area contributed by atoms with E-state index in [0.29, 0.717) is 46.9 Å². The third-order valence-electron chi connectivity index (χ3n) is 9.50. The van der Waals surface area contributed by atoms with Crippen LogP contribution >= 0.6 is 31.9 Å². The van der Waals surface area contributed by atoms with Crippen LogP contribution in [-0.2, 0) is 0 Å². The van der Waals surface area contributed by atoms with Gasteiger partial charge in [0.15, 0.2) is 23.0 Å². The zero-order valence-electron chi connectivity index (χ0n) is 30.3. The van der Waals surface area contributed by atoms with Crippen molar-refractivity contribution in [3.05, 3.63) is 56.1 Å². The summed E-state index contributed by atoms with van der Waals surface area (Å²) in [5.74, 6) is 4.22. The highest BCUT2D eigenvalue weighted by Crippen LogP contribution is 2.44. The lowest BCUT2D eigenvalue weighted by molar-refractivity contribution is 0.302. The molecule has 0 saturated carbocycles. The minimum absolute atomic E-state index is 0.646. The molecular weight excluding hydrogens is 756 g/mol. The number of nitrogens with zero attached hydrogens (tertiary/aromatic N) is 2. The lowest BCUT2D eigenvalue weighted by atomic mass is 10.1. The third-order valence-corrected chi connectivity index (χ3v) is 10.7. The Balaban J connectivity index is 1.12. The van der Waals surface area contributed by atoms with Crippen molar-refractivity contribution in [2.24, 2.45) is 9.98 Å². The summed E-state index contributed by atoms with van der Waals surface area (Å²) in [4.78, 5) is 9.83. The number of ether oxygens (including phenoxy) is 4. The first-order valence-corrected chi connectivity index (χ1v) is 21.0. The topological polar surface area (TPSA) is 61.6 Å². The molecule has 2 aliphatic heterocycles. The smallest absolute Gasteiger partial charge is 0.155 e. The standard InChI is InChI=1S/C42H56Br2N2O4/c1-3-5-7-9-11-13-15-17-19-21-23-47-37-27-33-39(25-31(37)43)49-41-30-36-42(29-35(41)45-33)50-40-26-32(44)38(28-34(40)46-36)48-24-22-20-18-16-14-12-10-8-6-4-2/h25-30H,3-24H2,1-2H3. The van der Waals surface area contributed by atoms with Crippen molar-refractivity contribution in [1.29, 1.82) is 0 Å². The lowest BCUT2D eigenvalue weighted by Gasteiger charge is -2.20. The molecule has 0 N–H and O–H groups in total.